The van der Waals surface area contributed by atoms with E-state index in [0.717, 1.165) is 51.4 Å². The van der Waals surface area contributed by atoms with Crippen LogP contribution in [0.3, 0.4) is 0 Å². The minimum atomic E-state index is -4.76. The fourth-order valence-corrected chi connectivity index (χ4v) is 6.38. The van der Waals surface area contributed by atoms with E-state index in [1.54, 1.807) is 0 Å². The van der Waals surface area contributed by atoms with Gasteiger partial charge in [0.15, 0.2) is 6.10 Å². The van der Waals surface area contributed by atoms with Crippen LogP contribution < -0.4 is 0 Å². The number of carbonyl (C=O) groups is 2. The number of esters is 2. The summed E-state index contributed by atoms with van der Waals surface area (Å²) in [6.07, 6.45) is 49.8. The smallest absolute Gasteiger partial charge is 0.462 e. The first-order valence-corrected chi connectivity index (χ1v) is 23.5. The molecule has 0 saturated carbocycles. The van der Waals surface area contributed by atoms with Gasteiger partial charge in [0, 0.05) is 12.8 Å². The van der Waals surface area contributed by atoms with Crippen molar-refractivity contribution in [3.8, 4) is 0 Å². The van der Waals surface area contributed by atoms with Gasteiger partial charge in [-0.05, 0) is 77.0 Å². The lowest BCUT2D eigenvalue weighted by Gasteiger charge is -2.18. The maximum atomic E-state index is 12.4. The number of phosphoric acid groups is 1. The van der Waals surface area contributed by atoms with Crippen LogP contribution in [-0.2, 0) is 28.2 Å². The third-order valence-corrected chi connectivity index (χ3v) is 9.81. The number of carbonyl (C=O) groups excluding carboxylic acids is 2. The first-order valence-electron chi connectivity index (χ1n) is 21.9. The van der Waals surface area contributed by atoms with Crippen LogP contribution in [0.5, 0.6) is 0 Å². The van der Waals surface area contributed by atoms with Crippen molar-refractivity contribution in [3.63, 3.8) is 0 Å². The number of hydrogen-bond donors (Lipinski definition) is 2. The Labute approximate surface area is 331 Å². The quantitative estimate of drug-likeness (QED) is 0.0273. The van der Waals surface area contributed by atoms with Crippen molar-refractivity contribution < 1.29 is 37.9 Å². The van der Waals surface area contributed by atoms with Gasteiger partial charge in [0.05, 0.1) is 6.61 Å². The van der Waals surface area contributed by atoms with E-state index in [4.69, 9.17) is 19.3 Å². The van der Waals surface area contributed by atoms with Crippen LogP contribution in [0.1, 0.15) is 206 Å². The van der Waals surface area contributed by atoms with Crippen LogP contribution in [0.4, 0.5) is 0 Å². The molecule has 0 rings (SSSR count). The zero-order valence-corrected chi connectivity index (χ0v) is 35.5. The molecular formula is C45H81O8P. The molecule has 0 aliphatic carbocycles. The predicted octanol–water partition coefficient (Wildman–Crippen LogP) is 13.5. The van der Waals surface area contributed by atoms with Gasteiger partial charge in [0.2, 0.25) is 0 Å². The summed E-state index contributed by atoms with van der Waals surface area (Å²) in [7, 11) is -4.76. The highest BCUT2D eigenvalue weighted by atomic mass is 31.2. The molecule has 2 N–H and O–H groups in total. The molecule has 0 amide bonds. The average molecular weight is 781 g/mol. The first kappa shape index (κ1) is 52.0. The zero-order chi connectivity index (χ0) is 39.6. The predicted molar refractivity (Wildman–Crippen MR) is 225 cm³/mol. The van der Waals surface area contributed by atoms with Crippen LogP contribution in [0, 0.1) is 0 Å². The molecule has 0 fully saturated rings. The molecule has 0 aromatic heterocycles. The summed E-state index contributed by atoms with van der Waals surface area (Å²) in [5.41, 5.74) is 0. The minimum Gasteiger partial charge on any atom is -0.462 e. The van der Waals surface area contributed by atoms with E-state index in [1.807, 2.05) is 0 Å². The lowest BCUT2D eigenvalue weighted by Crippen LogP contribution is -2.29. The van der Waals surface area contributed by atoms with E-state index in [-0.39, 0.29) is 19.4 Å². The molecule has 0 radical (unpaired) electrons. The SMILES string of the molecule is CCCCC/C=C/C/C=C/C/C=C/CCCCC(=O)OC[C@H](COP(=O)(O)O)OC(=O)CCCCCCCCCCCCC/C=C/CCCCCCCC. The first-order chi connectivity index (χ1) is 26.3. The van der Waals surface area contributed by atoms with Gasteiger partial charge >= 0.3 is 19.8 Å². The monoisotopic (exact) mass is 781 g/mol. The summed E-state index contributed by atoms with van der Waals surface area (Å²) in [6, 6.07) is 0. The second-order valence-electron chi connectivity index (χ2n) is 14.7. The van der Waals surface area contributed by atoms with Crippen LogP contribution in [0.2, 0.25) is 0 Å². The van der Waals surface area contributed by atoms with Crippen molar-refractivity contribution in [2.45, 2.75) is 213 Å². The highest BCUT2D eigenvalue weighted by molar-refractivity contribution is 7.46. The molecule has 0 aromatic rings. The Morgan fingerprint density at radius 3 is 1.33 bits per heavy atom. The third kappa shape index (κ3) is 42.7. The van der Waals surface area contributed by atoms with Crippen molar-refractivity contribution in [2.75, 3.05) is 13.2 Å². The summed E-state index contributed by atoms with van der Waals surface area (Å²) >= 11 is 0. The largest absolute Gasteiger partial charge is 0.469 e. The highest BCUT2D eigenvalue weighted by Crippen LogP contribution is 2.36. The lowest BCUT2D eigenvalue weighted by molar-refractivity contribution is -0.161. The van der Waals surface area contributed by atoms with E-state index >= 15 is 0 Å². The van der Waals surface area contributed by atoms with Gasteiger partial charge in [0.25, 0.3) is 0 Å². The molecular weight excluding hydrogens is 699 g/mol. The summed E-state index contributed by atoms with van der Waals surface area (Å²) in [5.74, 6) is -0.928. The molecule has 314 valence electrons. The Hall–Kier alpha value is -1.99. The molecule has 1 atom stereocenters. The topological polar surface area (TPSA) is 119 Å². The van der Waals surface area contributed by atoms with E-state index in [9.17, 15) is 14.2 Å². The molecule has 0 heterocycles. The molecule has 0 saturated heterocycles. The summed E-state index contributed by atoms with van der Waals surface area (Å²) in [5, 5.41) is 0. The van der Waals surface area contributed by atoms with Gasteiger partial charge in [0.1, 0.15) is 6.61 Å². The minimum absolute atomic E-state index is 0.202. The molecule has 0 unspecified atom stereocenters. The van der Waals surface area contributed by atoms with Gasteiger partial charge in [-0.25, -0.2) is 4.57 Å². The van der Waals surface area contributed by atoms with Gasteiger partial charge in [-0.3, -0.25) is 14.1 Å². The van der Waals surface area contributed by atoms with Gasteiger partial charge < -0.3 is 19.3 Å². The third-order valence-electron chi connectivity index (χ3n) is 9.32. The maximum absolute atomic E-state index is 12.4. The van der Waals surface area contributed by atoms with E-state index < -0.39 is 32.5 Å². The Bertz CT molecular complexity index is 1020. The van der Waals surface area contributed by atoms with Gasteiger partial charge in [-0.15, -0.1) is 0 Å². The number of phosphoric ester groups is 1. The van der Waals surface area contributed by atoms with Gasteiger partial charge in [-0.1, -0.05) is 165 Å². The van der Waals surface area contributed by atoms with Crippen LogP contribution in [0.15, 0.2) is 48.6 Å². The second-order valence-corrected chi connectivity index (χ2v) is 15.9. The van der Waals surface area contributed by atoms with E-state index in [0.29, 0.717) is 12.8 Å². The highest BCUT2D eigenvalue weighted by Gasteiger charge is 2.22. The van der Waals surface area contributed by atoms with Crippen molar-refractivity contribution in [2.24, 2.45) is 0 Å². The molecule has 9 heteroatoms. The number of ether oxygens (including phenoxy) is 2. The number of rotatable bonds is 40. The van der Waals surface area contributed by atoms with E-state index in [1.165, 1.54) is 116 Å². The molecule has 0 bridgehead atoms. The molecule has 0 spiro atoms. The normalized spacial score (nSPS) is 12.9. The fourth-order valence-electron chi connectivity index (χ4n) is 6.02. The van der Waals surface area contributed by atoms with Crippen molar-refractivity contribution in [1.29, 1.82) is 0 Å². The summed E-state index contributed by atoms with van der Waals surface area (Å²) < 4.78 is 26.4. The van der Waals surface area contributed by atoms with Crippen LogP contribution >= 0.6 is 7.82 Å². The number of hydrogen-bond acceptors (Lipinski definition) is 6. The summed E-state index contributed by atoms with van der Waals surface area (Å²) in [6.45, 7) is 3.63. The summed E-state index contributed by atoms with van der Waals surface area (Å²) in [4.78, 5) is 42.9. The molecule has 0 aliphatic heterocycles. The van der Waals surface area contributed by atoms with Crippen molar-refractivity contribution in [1.82, 2.24) is 0 Å². The Balaban J connectivity index is 3.92. The molecule has 0 aliphatic rings. The maximum Gasteiger partial charge on any atom is 0.469 e. The Morgan fingerprint density at radius 2 is 0.833 bits per heavy atom. The van der Waals surface area contributed by atoms with Gasteiger partial charge in [-0.2, -0.15) is 0 Å². The Kier molecular flexibility index (Phi) is 39.2. The number of allylic oxidation sites excluding steroid dienone is 8. The molecule has 0 aromatic carbocycles. The lowest BCUT2D eigenvalue weighted by atomic mass is 10.0. The second kappa shape index (κ2) is 40.7. The Morgan fingerprint density at radius 1 is 0.481 bits per heavy atom. The molecule has 8 nitrogen and oxygen atoms in total. The number of unbranched alkanes of at least 4 members (excludes halogenated alkanes) is 22. The average Bonchev–Trinajstić information content (AvgIpc) is 3.14. The molecule has 54 heavy (non-hydrogen) atoms. The zero-order valence-electron chi connectivity index (χ0n) is 34.6. The van der Waals surface area contributed by atoms with Crippen LogP contribution in [0.25, 0.3) is 0 Å². The van der Waals surface area contributed by atoms with Crippen LogP contribution in [-0.4, -0.2) is 41.0 Å². The standard InChI is InChI=1S/C45H81O8P/c1-3-5-7-9-11-13-15-17-19-20-21-22-23-24-26-28-30-32-34-36-38-40-45(47)53-43(42-52-54(48,49)50)41-51-44(46)39-37-35-33-31-29-27-25-18-16-14-12-10-8-6-4-2/h12,14,17-19,25,29,31,43H,3-11,13,15-16,20-24,26-28,30,32-42H2,1-2H3,(H2,48,49,50)/b14-12+,19-17+,25-18+,31-29+/t43-/m1/s1. The fraction of sp³-hybridized carbons (Fsp3) is 0.778. The van der Waals surface area contributed by atoms with Crippen molar-refractivity contribution in [3.05, 3.63) is 48.6 Å². The van der Waals surface area contributed by atoms with Crippen molar-refractivity contribution >= 4 is 19.8 Å². The van der Waals surface area contributed by atoms with E-state index in [2.05, 4.69) is 67.0 Å².